The van der Waals surface area contributed by atoms with Crippen LogP contribution in [0.5, 0.6) is 0 Å². The molecule has 3 rings (SSSR count). The molecule has 3 heteroatoms. The number of aliphatic hydroxyl groups excluding tert-OH is 1. The van der Waals surface area contributed by atoms with Gasteiger partial charge in [0.2, 0.25) is 0 Å². The molecule has 0 aromatic rings. The van der Waals surface area contributed by atoms with Crippen LogP contribution in [0.15, 0.2) is 0 Å². The third-order valence-corrected chi connectivity index (χ3v) is 6.14. The molecule has 0 aromatic carbocycles. The first-order valence-electron chi connectivity index (χ1n) is 8.90. The minimum absolute atomic E-state index is 0.364. The molecule has 3 aliphatic rings. The Morgan fingerprint density at radius 1 is 1.05 bits per heavy atom. The maximum absolute atomic E-state index is 9.41. The molecule has 2 heterocycles. The molecule has 3 nitrogen and oxygen atoms in total. The van der Waals surface area contributed by atoms with Gasteiger partial charge in [0.1, 0.15) is 0 Å². The average molecular weight is 280 g/mol. The molecule has 0 radical (unpaired) electrons. The van der Waals surface area contributed by atoms with Gasteiger partial charge in [-0.05, 0) is 63.5 Å². The fourth-order valence-corrected chi connectivity index (χ4v) is 4.82. The van der Waals surface area contributed by atoms with Crippen LogP contribution in [0, 0.1) is 5.41 Å². The Hall–Kier alpha value is -0.120. The number of rotatable bonds is 5. The van der Waals surface area contributed by atoms with Crippen LogP contribution >= 0.6 is 0 Å². The number of hydrogen-bond acceptors (Lipinski definition) is 3. The van der Waals surface area contributed by atoms with Gasteiger partial charge in [-0.2, -0.15) is 0 Å². The molecule has 116 valence electrons. The van der Waals surface area contributed by atoms with E-state index in [1.165, 1.54) is 70.9 Å². The molecule has 3 fully saturated rings. The smallest absolute Gasteiger partial charge is 0.0436 e. The summed E-state index contributed by atoms with van der Waals surface area (Å²) >= 11 is 0. The van der Waals surface area contributed by atoms with E-state index in [1.54, 1.807) is 0 Å². The standard InChI is InChI=1S/C17H32N2O/c20-12-9-17(7-2-1-3-8-17)14-18-15-6-11-19-10-4-5-16(19)13-15/h15-16,18,20H,1-14H2. The van der Waals surface area contributed by atoms with Crippen molar-refractivity contribution in [3.8, 4) is 0 Å². The van der Waals surface area contributed by atoms with Crippen molar-refractivity contribution in [2.24, 2.45) is 5.41 Å². The Morgan fingerprint density at radius 3 is 2.70 bits per heavy atom. The zero-order valence-electron chi connectivity index (χ0n) is 12.9. The lowest BCUT2D eigenvalue weighted by atomic mass is 9.71. The summed E-state index contributed by atoms with van der Waals surface area (Å²) < 4.78 is 0. The third kappa shape index (κ3) is 3.37. The molecule has 2 atom stereocenters. The topological polar surface area (TPSA) is 35.5 Å². The Morgan fingerprint density at radius 2 is 1.90 bits per heavy atom. The molecule has 0 amide bonds. The van der Waals surface area contributed by atoms with Gasteiger partial charge in [-0.1, -0.05) is 19.3 Å². The lowest BCUT2D eigenvalue weighted by Gasteiger charge is -2.41. The molecule has 1 saturated carbocycles. The summed E-state index contributed by atoms with van der Waals surface area (Å²) in [5.74, 6) is 0. The summed E-state index contributed by atoms with van der Waals surface area (Å²) in [6, 6.07) is 1.59. The number of aliphatic hydroxyl groups is 1. The largest absolute Gasteiger partial charge is 0.396 e. The molecule has 2 saturated heterocycles. The van der Waals surface area contributed by atoms with Crippen molar-refractivity contribution >= 4 is 0 Å². The van der Waals surface area contributed by atoms with E-state index in [-0.39, 0.29) is 0 Å². The van der Waals surface area contributed by atoms with E-state index in [2.05, 4.69) is 10.2 Å². The van der Waals surface area contributed by atoms with Gasteiger partial charge < -0.3 is 15.3 Å². The maximum atomic E-state index is 9.41. The number of hydrogen-bond donors (Lipinski definition) is 2. The molecule has 2 unspecified atom stereocenters. The van der Waals surface area contributed by atoms with Crippen LogP contribution < -0.4 is 5.32 Å². The summed E-state index contributed by atoms with van der Waals surface area (Å²) in [4.78, 5) is 2.70. The summed E-state index contributed by atoms with van der Waals surface area (Å²) in [6.45, 7) is 4.15. The van der Waals surface area contributed by atoms with Gasteiger partial charge in [-0.25, -0.2) is 0 Å². The first kappa shape index (κ1) is 14.8. The van der Waals surface area contributed by atoms with Crippen molar-refractivity contribution in [3.05, 3.63) is 0 Å². The molecule has 2 N–H and O–H groups in total. The second-order valence-electron chi connectivity index (χ2n) is 7.47. The highest BCUT2D eigenvalue weighted by atomic mass is 16.3. The van der Waals surface area contributed by atoms with Crippen LogP contribution in [0.25, 0.3) is 0 Å². The fraction of sp³-hybridized carbons (Fsp3) is 1.00. The Labute approximate surface area is 124 Å². The van der Waals surface area contributed by atoms with Crippen molar-refractivity contribution in [2.45, 2.75) is 76.3 Å². The maximum Gasteiger partial charge on any atom is 0.0436 e. The van der Waals surface area contributed by atoms with E-state index >= 15 is 0 Å². The quantitative estimate of drug-likeness (QED) is 0.812. The molecule has 1 aliphatic carbocycles. The van der Waals surface area contributed by atoms with Crippen LogP contribution in [0.3, 0.4) is 0 Å². The minimum atomic E-state index is 0.364. The van der Waals surface area contributed by atoms with Gasteiger partial charge in [0.15, 0.2) is 0 Å². The van der Waals surface area contributed by atoms with Crippen LogP contribution in [0.1, 0.15) is 64.2 Å². The predicted octanol–water partition coefficient (Wildman–Crippen LogP) is 2.54. The highest BCUT2D eigenvalue weighted by Crippen LogP contribution is 2.39. The van der Waals surface area contributed by atoms with Crippen LogP contribution in [0.4, 0.5) is 0 Å². The number of nitrogens with one attached hydrogen (secondary N) is 1. The summed E-state index contributed by atoms with van der Waals surface area (Å²) in [5, 5.41) is 13.3. The molecular weight excluding hydrogens is 248 g/mol. The third-order valence-electron chi connectivity index (χ3n) is 6.14. The minimum Gasteiger partial charge on any atom is -0.396 e. The summed E-state index contributed by atoms with van der Waals surface area (Å²) in [7, 11) is 0. The normalized spacial score (nSPS) is 34.0. The summed E-state index contributed by atoms with van der Waals surface area (Å²) in [6.07, 6.45) is 13.3. The van der Waals surface area contributed by atoms with Crippen LogP contribution in [-0.2, 0) is 0 Å². The van der Waals surface area contributed by atoms with Gasteiger partial charge >= 0.3 is 0 Å². The van der Waals surface area contributed by atoms with Gasteiger partial charge in [-0.3, -0.25) is 0 Å². The summed E-state index contributed by atoms with van der Waals surface area (Å²) in [5.41, 5.74) is 0.403. The number of nitrogens with zero attached hydrogens (tertiary/aromatic N) is 1. The highest BCUT2D eigenvalue weighted by Gasteiger charge is 2.35. The van der Waals surface area contributed by atoms with Gasteiger partial charge in [0.05, 0.1) is 0 Å². The first-order chi connectivity index (χ1) is 9.81. The lowest BCUT2D eigenvalue weighted by Crippen LogP contribution is -2.48. The second kappa shape index (κ2) is 6.76. The average Bonchev–Trinajstić information content (AvgIpc) is 2.94. The number of piperidine rings is 1. The van der Waals surface area contributed by atoms with Crippen molar-refractivity contribution in [2.75, 3.05) is 26.2 Å². The van der Waals surface area contributed by atoms with Crippen molar-refractivity contribution in [1.82, 2.24) is 10.2 Å². The van der Waals surface area contributed by atoms with E-state index in [9.17, 15) is 5.11 Å². The second-order valence-corrected chi connectivity index (χ2v) is 7.47. The van der Waals surface area contributed by atoms with E-state index in [1.807, 2.05) is 0 Å². The Balaban J connectivity index is 1.49. The lowest BCUT2D eigenvalue weighted by molar-refractivity contribution is 0.108. The van der Waals surface area contributed by atoms with Gasteiger partial charge in [0, 0.05) is 25.2 Å². The predicted molar refractivity (Wildman–Crippen MR) is 82.8 cm³/mol. The monoisotopic (exact) mass is 280 g/mol. The molecule has 20 heavy (non-hydrogen) atoms. The Bertz CT molecular complexity index is 296. The zero-order chi connectivity index (χ0) is 13.8. The SMILES string of the molecule is OCCC1(CNC2CCN3CCCC3C2)CCCCC1. The van der Waals surface area contributed by atoms with Gasteiger partial charge in [-0.15, -0.1) is 0 Å². The number of fused-ring (bicyclic) bond motifs is 1. The van der Waals surface area contributed by atoms with E-state index in [0.717, 1.165) is 25.0 Å². The zero-order valence-corrected chi connectivity index (χ0v) is 12.9. The van der Waals surface area contributed by atoms with Gasteiger partial charge in [0.25, 0.3) is 0 Å². The van der Waals surface area contributed by atoms with Crippen molar-refractivity contribution in [3.63, 3.8) is 0 Å². The molecule has 0 spiro atoms. The van der Waals surface area contributed by atoms with Crippen LogP contribution in [-0.4, -0.2) is 48.3 Å². The Kier molecular flexibility index (Phi) is 5.00. The highest BCUT2D eigenvalue weighted by molar-refractivity contribution is 4.91. The van der Waals surface area contributed by atoms with E-state index in [4.69, 9.17) is 0 Å². The van der Waals surface area contributed by atoms with E-state index < -0.39 is 0 Å². The van der Waals surface area contributed by atoms with E-state index in [0.29, 0.717) is 12.0 Å². The van der Waals surface area contributed by atoms with Crippen molar-refractivity contribution < 1.29 is 5.11 Å². The first-order valence-corrected chi connectivity index (χ1v) is 8.90. The molecule has 0 bridgehead atoms. The molecular formula is C17H32N2O. The fourth-order valence-electron chi connectivity index (χ4n) is 4.82. The van der Waals surface area contributed by atoms with Crippen molar-refractivity contribution in [1.29, 1.82) is 0 Å². The molecule has 2 aliphatic heterocycles. The van der Waals surface area contributed by atoms with Crippen LogP contribution in [0.2, 0.25) is 0 Å². The molecule has 0 aromatic heterocycles.